The zero-order chi connectivity index (χ0) is 13.2. The van der Waals surface area contributed by atoms with Crippen LogP contribution in [0.4, 0.5) is 0 Å². The first kappa shape index (κ1) is 13.9. The molecule has 1 aliphatic heterocycles. The van der Waals surface area contributed by atoms with Gasteiger partial charge in [-0.05, 0) is 48.7 Å². The molecule has 2 atom stereocenters. The third kappa shape index (κ3) is 3.28. The first-order chi connectivity index (χ1) is 8.49. The molecule has 0 unspecified atom stereocenters. The smallest absolute Gasteiger partial charge is 0.230 e. The van der Waals surface area contributed by atoms with Gasteiger partial charge in [0.1, 0.15) is 0 Å². The molecule has 3 nitrogen and oxygen atoms in total. The van der Waals surface area contributed by atoms with E-state index in [0.717, 1.165) is 35.9 Å². The Hall–Kier alpha value is -0.520. The number of nitrogens with one attached hydrogen (secondary N) is 1. The molecule has 0 amide bonds. The summed E-state index contributed by atoms with van der Waals surface area (Å²) in [7, 11) is -2.13. The Labute approximate surface area is 113 Å². The van der Waals surface area contributed by atoms with Crippen molar-refractivity contribution in [3.05, 3.63) is 29.8 Å². The van der Waals surface area contributed by atoms with E-state index in [1.54, 1.807) is 12.1 Å². The topological polar surface area (TPSA) is 46.2 Å². The van der Waals surface area contributed by atoms with Gasteiger partial charge in [-0.2, -0.15) is 0 Å². The van der Waals surface area contributed by atoms with Crippen molar-refractivity contribution in [2.75, 3.05) is 13.1 Å². The average Bonchev–Trinajstić information content (AvgIpc) is 2.32. The van der Waals surface area contributed by atoms with E-state index in [1.165, 1.54) is 0 Å². The minimum absolute atomic E-state index is 0.144. The summed E-state index contributed by atoms with van der Waals surface area (Å²) in [6, 6.07) is 7.07. The number of benzene rings is 1. The Morgan fingerprint density at radius 3 is 2.56 bits per heavy atom. The maximum atomic E-state index is 12.3. The lowest BCUT2D eigenvalue weighted by Crippen LogP contribution is -2.38. The summed E-state index contributed by atoms with van der Waals surface area (Å²) in [4.78, 5) is 0.413. The number of hydrogen-bond acceptors (Lipinski definition) is 4. The third-order valence-electron chi connectivity index (χ3n) is 3.32. The first-order valence-electron chi connectivity index (χ1n) is 6.20. The van der Waals surface area contributed by atoms with E-state index in [1.807, 2.05) is 19.1 Å². The van der Waals surface area contributed by atoms with Gasteiger partial charge in [-0.25, -0.2) is 8.42 Å². The van der Waals surface area contributed by atoms with Crippen LogP contribution >= 0.6 is 10.8 Å². The molecule has 0 saturated carbocycles. The van der Waals surface area contributed by atoms with Crippen molar-refractivity contribution in [2.45, 2.75) is 30.4 Å². The molecular weight excluding hydrogens is 266 g/mol. The second kappa shape index (κ2) is 5.63. The van der Waals surface area contributed by atoms with Crippen LogP contribution in [0, 0.1) is 12.8 Å². The van der Waals surface area contributed by atoms with E-state index >= 15 is 0 Å². The fourth-order valence-corrected chi connectivity index (χ4v) is 5.85. The molecule has 18 heavy (non-hydrogen) atoms. The van der Waals surface area contributed by atoms with Crippen molar-refractivity contribution < 1.29 is 8.42 Å². The van der Waals surface area contributed by atoms with Crippen molar-refractivity contribution in [3.8, 4) is 0 Å². The molecule has 0 aromatic heterocycles. The van der Waals surface area contributed by atoms with E-state index in [0.29, 0.717) is 10.8 Å². The van der Waals surface area contributed by atoms with Gasteiger partial charge in [0.05, 0.1) is 4.90 Å². The minimum Gasteiger partial charge on any atom is -0.316 e. The van der Waals surface area contributed by atoms with E-state index < -0.39 is 8.87 Å². The van der Waals surface area contributed by atoms with Crippen molar-refractivity contribution >= 4 is 19.7 Å². The molecular formula is C13H19NO2S2. The summed E-state index contributed by atoms with van der Waals surface area (Å²) in [6.07, 6.45) is 1.04. The molecule has 0 bridgehead atoms. The second-order valence-electron chi connectivity index (χ2n) is 4.87. The van der Waals surface area contributed by atoms with Gasteiger partial charge >= 0.3 is 0 Å². The van der Waals surface area contributed by atoms with Crippen LogP contribution in [0.5, 0.6) is 0 Å². The Morgan fingerprint density at radius 1 is 1.28 bits per heavy atom. The molecule has 0 spiro atoms. The van der Waals surface area contributed by atoms with E-state index in [4.69, 9.17) is 0 Å². The molecule has 5 heteroatoms. The van der Waals surface area contributed by atoms with Crippen LogP contribution in [-0.4, -0.2) is 26.8 Å². The van der Waals surface area contributed by atoms with Crippen LogP contribution in [0.1, 0.15) is 18.9 Å². The van der Waals surface area contributed by atoms with Gasteiger partial charge in [-0.1, -0.05) is 24.6 Å². The Balaban J connectivity index is 2.13. The monoisotopic (exact) mass is 285 g/mol. The van der Waals surface area contributed by atoms with Crippen molar-refractivity contribution in [2.24, 2.45) is 5.92 Å². The largest absolute Gasteiger partial charge is 0.316 e. The van der Waals surface area contributed by atoms with Gasteiger partial charge in [-0.3, -0.25) is 0 Å². The fourth-order valence-electron chi connectivity index (χ4n) is 2.01. The summed E-state index contributed by atoms with van der Waals surface area (Å²) in [5.41, 5.74) is 1.08. The van der Waals surface area contributed by atoms with Gasteiger partial charge in [0.2, 0.25) is 8.87 Å². The summed E-state index contributed by atoms with van der Waals surface area (Å²) >= 11 is 0. The molecule has 100 valence electrons. The van der Waals surface area contributed by atoms with Crippen LogP contribution in [0.3, 0.4) is 0 Å². The molecule has 1 aromatic carbocycles. The third-order valence-corrected chi connectivity index (χ3v) is 7.38. The Bertz CT molecular complexity index is 496. The number of hydrogen-bond donors (Lipinski definition) is 1. The van der Waals surface area contributed by atoms with Crippen LogP contribution in [0.15, 0.2) is 29.2 Å². The van der Waals surface area contributed by atoms with Crippen LogP contribution in [-0.2, 0) is 8.87 Å². The molecule has 1 aliphatic rings. The molecule has 0 aliphatic carbocycles. The Morgan fingerprint density at radius 2 is 1.94 bits per heavy atom. The second-order valence-corrected chi connectivity index (χ2v) is 8.94. The van der Waals surface area contributed by atoms with E-state index in [2.05, 4.69) is 12.2 Å². The zero-order valence-electron chi connectivity index (χ0n) is 10.7. The van der Waals surface area contributed by atoms with Crippen molar-refractivity contribution in [3.63, 3.8) is 0 Å². The molecule has 1 aromatic rings. The van der Waals surface area contributed by atoms with Gasteiger partial charge in [-0.15, -0.1) is 0 Å². The maximum Gasteiger partial charge on any atom is 0.230 e. The lowest BCUT2D eigenvalue weighted by atomic mass is 10.0. The lowest BCUT2D eigenvalue weighted by molar-refractivity contribution is 0.415. The molecule has 1 saturated heterocycles. The Kier molecular flexibility index (Phi) is 4.35. The van der Waals surface area contributed by atoms with Crippen molar-refractivity contribution in [1.82, 2.24) is 5.32 Å². The minimum atomic E-state index is -3.23. The zero-order valence-corrected chi connectivity index (χ0v) is 12.4. The van der Waals surface area contributed by atoms with E-state index in [9.17, 15) is 8.42 Å². The van der Waals surface area contributed by atoms with Crippen molar-refractivity contribution in [1.29, 1.82) is 0 Å². The highest BCUT2D eigenvalue weighted by Gasteiger charge is 2.28. The number of aryl methyl sites for hydroxylation is 1. The molecule has 0 radical (unpaired) electrons. The highest BCUT2D eigenvalue weighted by Crippen LogP contribution is 2.33. The number of rotatable bonds is 3. The summed E-state index contributed by atoms with van der Waals surface area (Å²) in [6.45, 7) is 5.85. The highest BCUT2D eigenvalue weighted by atomic mass is 33.1. The van der Waals surface area contributed by atoms with Gasteiger partial charge < -0.3 is 5.32 Å². The predicted molar refractivity (Wildman–Crippen MR) is 76.4 cm³/mol. The SMILES string of the molecule is Cc1ccc(S(=O)(=O)S[C@@H]2CNCC[C@H]2C)cc1. The average molecular weight is 285 g/mol. The van der Waals surface area contributed by atoms with Crippen LogP contribution in [0.2, 0.25) is 0 Å². The van der Waals surface area contributed by atoms with Gasteiger partial charge in [0.15, 0.2) is 0 Å². The molecule has 2 rings (SSSR count). The van der Waals surface area contributed by atoms with Gasteiger partial charge in [0.25, 0.3) is 0 Å². The summed E-state index contributed by atoms with van der Waals surface area (Å²) < 4.78 is 24.6. The maximum absolute atomic E-state index is 12.3. The van der Waals surface area contributed by atoms with E-state index in [-0.39, 0.29) is 5.25 Å². The molecule has 1 heterocycles. The quantitative estimate of drug-likeness (QED) is 0.866. The first-order valence-corrected chi connectivity index (χ1v) is 9.08. The van der Waals surface area contributed by atoms with Crippen LogP contribution in [0.25, 0.3) is 0 Å². The normalized spacial score (nSPS) is 25.0. The molecule has 1 fully saturated rings. The fraction of sp³-hybridized carbons (Fsp3) is 0.538. The summed E-state index contributed by atoms with van der Waals surface area (Å²) in [5, 5.41) is 3.41. The summed E-state index contributed by atoms with van der Waals surface area (Å²) in [5.74, 6) is 0.441. The van der Waals surface area contributed by atoms with Crippen LogP contribution < -0.4 is 5.32 Å². The number of piperidine rings is 1. The molecule has 1 N–H and O–H groups in total. The standard InChI is InChI=1S/C13H19NO2S2/c1-10-3-5-12(6-4-10)18(15,16)17-13-9-14-8-7-11(13)2/h3-6,11,13-14H,7-9H2,1-2H3/t11-,13-/m1/s1. The predicted octanol–water partition coefficient (Wildman–Crippen LogP) is 2.41. The highest BCUT2D eigenvalue weighted by molar-refractivity contribution is 8.72. The lowest BCUT2D eigenvalue weighted by Gasteiger charge is -2.28. The van der Waals surface area contributed by atoms with Gasteiger partial charge in [0, 0.05) is 11.8 Å².